The Balaban J connectivity index is 1.53. The van der Waals surface area contributed by atoms with Gasteiger partial charge in [0.05, 0.1) is 60.3 Å². The normalized spacial score (nSPS) is 14.7. The van der Waals surface area contributed by atoms with Gasteiger partial charge in [-0.2, -0.15) is 0 Å². The van der Waals surface area contributed by atoms with Crippen molar-refractivity contribution in [2.75, 3.05) is 51.8 Å². The number of nitrogens with one attached hydrogen (secondary N) is 1. The van der Waals surface area contributed by atoms with Gasteiger partial charge in [0.1, 0.15) is 5.69 Å². The Kier molecular flexibility index (Phi) is 7.21. The SMILES string of the molecule is COc1ncccc1Nc1cc2nc3ccccc3n(-c3ccc(C)cc3)c-2c/c1=N\CCN1CCOCC1. The Hall–Kier alpha value is -4.27. The van der Waals surface area contributed by atoms with Gasteiger partial charge in [-0.25, -0.2) is 9.97 Å². The zero-order valence-corrected chi connectivity index (χ0v) is 22.3. The second-order valence-corrected chi connectivity index (χ2v) is 9.65. The molecular weight excluding hydrogens is 488 g/mol. The van der Waals surface area contributed by atoms with Crippen molar-refractivity contribution in [3.05, 3.63) is 89.9 Å². The van der Waals surface area contributed by atoms with E-state index in [2.05, 4.69) is 81.3 Å². The smallest absolute Gasteiger partial charge is 0.237 e. The number of rotatable bonds is 7. The summed E-state index contributed by atoms with van der Waals surface area (Å²) in [5.74, 6) is 0.526. The summed E-state index contributed by atoms with van der Waals surface area (Å²) in [6, 6.07) is 24.9. The summed E-state index contributed by atoms with van der Waals surface area (Å²) in [5, 5.41) is 4.38. The highest BCUT2D eigenvalue weighted by atomic mass is 16.5. The number of ether oxygens (including phenoxy) is 2. The van der Waals surface area contributed by atoms with Crippen LogP contribution in [0.25, 0.3) is 28.1 Å². The van der Waals surface area contributed by atoms with Gasteiger partial charge in [-0.15, -0.1) is 0 Å². The molecule has 3 aliphatic rings. The van der Waals surface area contributed by atoms with Crippen LogP contribution in [0, 0.1) is 6.92 Å². The van der Waals surface area contributed by atoms with Gasteiger partial charge in [0.15, 0.2) is 0 Å². The number of aryl methyl sites for hydroxylation is 1. The molecule has 0 amide bonds. The first kappa shape index (κ1) is 25.0. The predicted molar refractivity (Wildman–Crippen MR) is 154 cm³/mol. The highest BCUT2D eigenvalue weighted by molar-refractivity contribution is 5.84. The number of morpholine rings is 1. The van der Waals surface area contributed by atoms with E-state index in [4.69, 9.17) is 19.5 Å². The van der Waals surface area contributed by atoms with Gasteiger partial charge in [-0.3, -0.25) is 9.89 Å². The molecule has 0 unspecified atom stereocenters. The Morgan fingerprint density at radius 3 is 2.62 bits per heavy atom. The van der Waals surface area contributed by atoms with Gasteiger partial charge >= 0.3 is 0 Å². The number of methoxy groups -OCH3 is 1. The average Bonchev–Trinajstić information content (AvgIpc) is 2.98. The largest absolute Gasteiger partial charge is 0.480 e. The first-order chi connectivity index (χ1) is 19.2. The lowest BCUT2D eigenvalue weighted by atomic mass is 10.1. The fraction of sp³-hybridized carbons (Fsp3) is 0.258. The summed E-state index contributed by atoms with van der Waals surface area (Å²) >= 11 is 0. The molecule has 1 aliphatic carbocycles. The standard InChI is InChI=1S/C31H32N6O2/c1-22-9-11-23(12-10-22)37-29-8-4-3-6-24(29)34-28-20-27(35-25-7-5-13-33-31(25)38-2)26(21-30(28)37)32-14-15-36-16-18-39-19-17-36/h3-13,20-21,35H,14-19H2,1-2H3/b32-26+. The van der Waals surface area contributed by atoms with Crippen molar-refractivity contribution in [3.63, 3.8) is 0 Å². The number of hydrogen-bond donors (Lipinski definition) is 1. The van der Waals surface area contributed by atoms with Crippen LogP contribution in [-0.2, 0) is 4.74 Å². The molecule has 0 radical (unpaired) electrons. The number of hydrogen-bond acceptors (Lipinski definition) is 7. The molecule has 6 rings (SSSR count). The lowest BCUT2D eigenvalue weighted by Gasteiger charge is -2.25. The summed E-state index contributed by atoms with van der Waals surface area (Å²) in [6.45, 7) is 7.09. The third-order valence-corrected chi connectivity index (χ3v) is 7.03. The number of anilines is 2. The number of benzene rings is 3. The minimum Gasteiger partial charge on any atom is -0.480 e. The van der Waals surface area contributed by atoms with E-state index in [1.54, 1.807) is 13.3 Å². The summed E-state index contributed by atoms with van der Waals surface area (Å²) < 4.78 is 13.3. The Bertz CT molecular complexity index is 1620. The topological polar surface area (TPSA) is 76.8 Å². The molecule has 1 aromatic heterocycles. The van der Waals surface area contributed by atoms with Gasteiger partial charge in [0, 0.05) is 31.5 Å². The Labute approximate surface area is 227 Å². The lowest BCUT2D eigenvalue weighted by Crippen LogP contribution is -2.38. The van der Waals surface area contributed by atoms with Crippen LogP contribution in [0.15, 0.2) is 84.0 Å². The molecule has 0 spiro atoms. The van der Waals surface area contributed by atoms with Crippen LogP contribution in [0.5, 0.6) is 5.88 Å². The predicted octanol–water partition coefficient (Wildman–Crippen LogP) is 4.82. The van der Waals surface area contributed by atoms with Crippen LogP contribution in [0.1, 0.15) is 5.56 Å². The number of pyridine rings is 1. The molecule has 0 saturated carbocycles. The molecule has 3 heterocycles. The first-order valence-corrected chi connectivity index (χ1v) is 13.3. The van der Waals surface area contributed by atoms with E-state index in [0.29, 0.717) is 12.4 Å². The van der Waals surface area contributed by atoms with Crippen LogP contribution in [-0.4, -0.2) is 65.9 Å². The van der Waals surface area contributed by atoms with E-state index in [9.17, 15) is 0 Å². The second kappa shape index (κ2) is 11.2. The van der Waals surface area contributed by atoms with E-state index < -0.39 is 0 Å². The first-order valence-electron chi connectivity index (χ1n) is 13.3. The van der Waals surface area contributed by atoms with Gasteiger partial charge in [0.2, 0.25) is 5.88 Å². The molecule has 1 saturated heterocycles. The van der Waals surface area contributed by atoms with Gasteiger partial charge in [-0.05, 0) is 55.5 Å². The van der Waals surface area contributed by atoms with Crippen molar-refractivity contribution in [3.8, 4) is 23.0 Å². The molecule has 0 atom stereocenters. The third-order valence-electron chi connectivity index (χ3n) is 7.03. The monoisotopic (exact) mass is 520 g/mol. The Morgan fingerprint density at radius 2 is 1.79 bits per heavy atom. The molecule has 1 N–H and O–H groups in total. The molecule has 1 fully saturated rings. The fourth-order valence-electron chi connectivity index (χ4n) is 4.98. The zero-order valence-electron chi connectivity index (χ0n) is 22.3. The summed E-state index contributed by atoms with van der Waals surface area (Å²) in [5.41, 5.74) is 7.76. The van der Waals surface area contributed by atoms with Gasteiger partial charge in [-0.1, -0.05) is 29.8 Å². The van der Waals surface area contributed by atoms with Gasteiger partial charge < -0.3 is 19.4 Å². The van der Waals surface area contributed by atoms with Crippen molar-refractivity contribution in [1.82, 2.24) is 19.4 Å². The summed E-state index contributed by atoms with van der Waals surface area (Å²) in [6.07, 6.45) is 1.72. The van der Waals surface area contributed by atoms with Crippen molar-refractivity contribution in [2.45, 2.75) is 6.92 Å². The highest BCUT2D eigenvalue weighted by Crippen LogP contribution is 2.31. The number of fused-ring (bicyclic) bond motifs is 2. The highest BCUT2D eigenvalue weighted by Gasteiger charge is 2.17. The minimum atomic E-state index is 0.526. The zero-order chi connectivity index (χ0) is 26.6. The third kappa shape index (κ3) is 5.34. The number of aromatic nitrogens is 3. The second-order valence-electron chi connectivity index (χ2n) is 9.65. The molecule has 2 aromatic carbocycles. The summed E-state index contributed by atoms with van der Waals surface area (Å²) in [7, 11) is 1.62. The van der Waals surface area contributed by atoms with E-state index in [0.717, 1.165) is 77.7 Å². The maximum absolute atomic E-state index is 5.51. The molecule has 39 heavy (non-hydrogen) atoms. The summed E-state index contributed by atoms with van der Waals surface area (Å²) in [4.78, 5) is 16.9. The molecule has 198 valence electrons. The van der Waals surface area contributed by atoms with Crippen LogP contribution < -0.4 is 15.4 Å². The van der Waals surface area contributed by atoms with E-state index >= 15 is 0 Å². The van der Waals surface area contributed by atoms with Crippen LogP contribution in [0.3, 0.4) is 0 Å². The van der Waals surface area contributed by atoms with E-state index in [1.807, 2.05) is 18.2 Å². The maximum Gasteiger partial charge on any atom is 0.237 e. The van der Waals surface area contributed by atoms with Crippen molar-refractivity contribution >= 4 is 22.4 Å². The van der Waals surface area contributed by atoms with Crippen molar-refractivity contribution in [2.24, 2.45) is 4.99 Å². The lowest BCUT2D eigenvalue weighted by molar-refractivity contribution is 0.0394. The average molecular weight is 521 g/mol. The number of nitrogens with zero attached hydrogens (tertiary/aromatic N) is 5. The maximum atomic E-state index is 5.51. The molecular formula is C31H32N6O2. The van der Waals surface area contributed by atoms with E-state index in [-0.39, 0.29) is 0 Å². The quantitative estimate of drug-likeness (QED) is 0.310. The molecule has 8 nitrogen and oxygen atoms in total. The fourth-order valence-corrected chi connectivity index (χ4v) is 4.98. The molecule has 0 bridgehead atoms. The van der Waals surface area contributed by atoms with Crippen LogP contribution in [0.4, 0.5) is 11.4 Å². The van der Waals surface area contributed by atoms with Crippen LogP contribution >= 0.6 is 0 Å². The van der Waals surface area contributed by atoms with Crippen molar-refractivity contribution in [1.29, 1.82) is 0 Å². The minimum absolute atomic E-state index is 0.526. The Morgan fingerprint density at radius 1 is 0.974 bits per heavy atom. The van der Waals surface area contributed by atoms with Gasteiger partial charge in [0.25, 0.3) is 0 Å². The molecule has 8 heteroatoms. The van der Waals surface area contributed by atoms with Crippen molar-refractivity contribution < 1.29 is 9.47 Å². The van der Waals surface area contributed by atoms with Crippen LogP contribution in [0.2, 0.25) is 0 Å². The molecule has 3 aromatic rings. The van der Waals surface area contributed by atoms with E-state index in [1.165, 1.54) is 5.56 Å². The molecule has 2 aliphatic heterocycles. The number of para-hydroxylation sites is 2.